The highest BCUT2D eigenvalue weighted by molar-refractivity contribution is 6.00. The third-order valence-electron chi connectivity index (χ3n) is 4.88. The van der Waals surface area contributed by atoms with Gasteiger partial charge in [-0.15, -0.1) is 0 Å². The Morgan fingerprint density at radius 1 is 1.46 bits per heavy atom. The van der Waals surface area contributed by atoms with Crippen LogP contribution in [0.3, 0.4) is 0 Å². The van der Waals surface area contributed by atoms with Gasteiger partial charge in [-0.3, -0.25) is 4.79 Å². The first kappa shape index (κ1) is 18.7. The molecule has 2 atom stereocenters. The van der Waals surface area contributed by atoms with E-state index in [-0.39, 0.29) is 11.9 Å². The van der Waals surface area contributed by atoms with Crippen molar-refractivity contribution in [3.63, 3.8) is 0 Å². The number of Topliss-reactive ketones (excluding diaryl/α,β-unsaturated/α-hetero) is 1. The zero-order chi connectivity index (χ0) is 17.7. The molecule has 0 bridgehead atoms. The van der Waals surface area contributed by atoms with Crippen LogP contribution in [0.15, 0.2) is 12.1 Å². The molecule has 0 N–H and O–H groups in total. The molecule has 1 aromatic carbocycles. The van der Waals surface area contributed by atoms with Crippen LogP contribution in [0, 0.1) is 12.8 Å². The molecule has 2 unspecified atom stereocenters. The fraction of sp³-hybridized carbons (Fsp3) is 0.571. The Kier molecular flexibility index (Phi) is 6.61. The summed E-state index contributed by atoms with van der Waals surface area (Å²) in [5.74, 6) is 0.758. The summed E-state index contributed by atoms with van der Waals surface area (Å²) >= 11 is 0. The van der Waals surface area contributed by atoms with Gasteiger partial charge in [0.1, 0.15) is 6.10 Å². The van der Waals surface area contributed by atoms with Crippen LogP contribution in [0.25, 0.3) is 12.8 Å². The summed E-state index contributed by atoms with van der Waals surface area (Å²) < 4.78 is 5.68. The van der Waals surface area contributed by atoms with Gasteiger partial charge in [0.25, 0.3) is 0 Å². The van der Waals surface area contributed by atoms with Crippen molar-refractivity contribution in [3.8, 4) is 0 Å². The third-order valence-corrected chi connectivity index (χ3v) is 4.88. The fourth-order valence-corrected chi connectivity index (χ4v) is 3.20. The average molecular weight is 329 g/mol. The molecular weight excluding hydrogens is 298 g/mol. The number of ether oxygens (including phenoxy) is 1. The second-order valence-corrected chi connectivity index (χ2v) is 7.17. The molecule has 1 saturated heterocycles. The number of carbonyl (C=O) groups is 1. The standard InChI is InChI=1S/C21H31NO2/c1-6-15(2)13-22(5)14-18-12-19(17(4)11-16(18)3)21(23)20-9-7-8-10-24-20/h11-12,14-15,20H,3,6-10,13H2,1-2,4-5H3/b18-14-. The van der Waals surface area contributed by atoms with Crippen molar-refractivity contribution >= 4 is 18.6 Å². The van der Waals surface area contributed by atoms with Crippen LogP contribution < -0.4 is 10.4 Å². The topological polar surface area (TPSA) is 29.5 Å². The Labute approximate surface area is 146 Å². The number of aryl methyl sites for hydroxylation is 1. The molecule has 2 rings (SSSR count). The van der Waals surface area contributed by atoms with E-state index in [0.29, 0.717) is 12.5 Å². The SMILES string of the molecule is C=c1cc(C)c(C(=O)C2CCCCO2)c/c1=C/N(C)CC(C)CC. The predicted molar refractivity (Wildman–Crippen MR) is 100 cm³/mol. The van der Waals surface area contributed by atoms with Crippen molar-refractivity contribution < 1.29 is 9.53 Å². The molecule has 0 radical (unpaired) electrons. The van der Waals surface area contributed by atoms with E-state index in [2.05, 4.69) is 38.6 Å². The van der Waals surface area contributed by atoms with E-state index in [4.69, 9.17) is 4.74 Å². The van der Waals surface area contributed by atoms with Gasteiger partial charge in [-0.05, 0) is 54.2 Å². The third kappa shape index (κ3) is 4.70. The van der Waals surface area contributed by atoms with Crippen molar-refractivity contribution in [2.75, 3.05) is 20.2 Å². The van der Waals surface area contributed by atoms with Crippen molar-refractivity contribution in [1.82, 2.24) is 4.90 Å². The van der Waals surface area contributed by atoms with E-state index in [0.717, 1.165) is 53.8 Å². The van der Waals surface area contributed by atoms with Gasteiger partial charge in [0, 0.05) is 32.0 Å². The number of hydrogen-bond acceptors (Lipinski definition) is 3. The van der Waals surface area contributed by atoms with Gasteiger partial charge in [0.05, 0.1) is 0 Å². The quantitative estimate of drug-likeness (QED) is 0.752. The van der Waals surface area contributed by atoms with Crippen molar-refractivity contribution in [1.29, 1.82) is 0 Å². The van der Waals surface area contributed by atoms with Gasteiger partial charge in [-0.25, -0.2) is 0 Å². The van der Waals surface area contributed by atoms with Gasteiger partial charge in [-0.2, -0.15) is 0 Å². The molecular formula is C21H31NO2. The fourth-order valence-electron chi connectivity index (χ4n) is 3.20. The normalized spacial score (nSPS) is 20.0. The number of ketones is 1. The minimum absolute atomic E-state index is 0.117. The molecule has 1 fully saturated rings. The number of benzene rings is 1. The number of nitrogens with zero attached hydrogens (tertiary/aromatic N) is 1. The average Bonchev–Trinajstić information content (AvgIpc) is 2.57. The van der Waals surface area contributed by atoms with Gasteiger partial charge in [0.2, 0.25) is 0 Å². The summed E-state index contributed by atoms with van der Waals surface area (Å²) in [5.41, 5.74) is 1.76. The molecule has 3 nitrogen and oxygen atoms in total. The lowest BCUT2D eigenvalue weighted by Gasteiger charge is -2.22. The Morgan fingerprint density at radius 2 is 2.21 bits per heavy atom. The first-order valence-corrected chi connectivity index (χ1v) is 9.09. The lowest BCUT2D eigenvalue weighted by atomic mass is 9.95. The highest BCUT2D eigenvalue weighted by atomic mass is 16.5. The van der Waals surface area contributed by atoms with Crippen LogP contribution in [0.5, 0.6) is 0 Å². The second-order valence-electron chi connectivity index (χ2n) is 7.17. The van der Waals surface area contributed by atoms with Crippen LogP contribution in [0.4, 0.5) is 0 Å². The molecule has 0 saturated carbocycles. The molecule has 0 spiro atoms. The summed E-state index contributed by atoms with van der Waals surface area (Å²) in [6.45, 7) is 12.3. The first-order chi connectivity index (χ1) is 11.4. The summed E-state index contributed by atoms with van der Waals surface area (Å²) in [4.78, 5) is 15.0. The lowest BCUT2D eigenvalue weighted by molar-refractivity contribution is 0.0186. The molecule has 1 aliphatic rings. The Bertz CT molecular complexity index is 674. The minimum atomic E-state index is -0.279. The molecule has 1 aromatic rings. The predicted octanol–water partition coefficient (Wildman–Crippen LogP) is 2.87. The van der Waals surface area contributed by atoms with E-state index in [1.54, 1.807) is 0 Å². The number of rotatable bonds is 6. The monoisotopic (exact) mass is 329 g/mol. The highest BCUT2D eigenvalue weighted by Gasteiger charge is 2.24. The maximum atomic E-state index is 12.8. The largest absolute Gasteiger partial charge is 0.380 e. The van der Waals surface area contributed by atoms with Crippen molar-refractivity contribution in [2.24, 2.45) is 5.92 Å². The number of carbonyl (C=O) groups excluding carboxylic acids is 1. The van der Waals surface area contributed by atoms with Crippen LogP contribution in [-0.2, 0) is 4.74 Å². The van der Waals surface area contributed by atoms with Gasteiger partial charge >= 0.3 is 0 Å². The van der Waals surface area contributed by atoms with E-state index < -0.39 is 0 Å². The van der Waals surface area contributed by atoms with E-state index in [1.165, 1.54) is 0 Å². The lowest BCUT2D eigenvalue weighted by Crippen LogP contribution is -2.33. The van der Waals surface area contributed by atoms with E-state index in [9.17, 15) is 4.79 Å². The molecule has 1 heterocycles. The van der Waals surface area contributed by atoms with Gasteiger partial charge in [-0.1, -0.05) is 32.9 Å². The Hall–Kier alpha value is -1.61. The van der Waals surface area contributed by atoms with Crippen LogP contribution >= 0.6 is 0 Å². The molecule has 1 aliphatic heterocycles. The number of hydrogen-bond donors (Lipinski definition) is 0. The zero-order valence-electron chi connectivity index (χ0n) is 15.6. The summed E-state index contributed by atoms with van der Waals surface area (Å²) in [6, 6.07) is 4.00. The molecule has 24 heavy (non-hydrogen) atoms. The summed E-state index contributed by atoms with van der Waals surface area (Å²) in [7, 11) is 2.08. The minimum Gasteiger partial charge on any atom is -0.380 e. The van der Waals surface area contributed by atoms with Gasteiger partial charge in [0.15, 0.2) is 5.78 Å². The summed E-state index contributed by atoms with van der Waals surface area (Å²) in [5, 5.41) is 1.98. The Morgan fingerprint density at radius 3 is 2.83 bits per heavy atom. The van der Waals surface area contributed by atoms with Crippen molar-refractivity contribution in [3.05, 3.63) is 33.7 Å². The second kappa shape index (κ2) is 8.48. The molecule has 0 amide bonds. The van der Waals surface area contributed by atoms with Crippen molar-refractivity contribution in [2.45, 2.75) is 52.6 Å². The molecule has 132 valence electrons. The van der Waals surface area contributed by atoms with Crippen LogP contribution in [0.1, 0.15) is 55.5 Å². The smallest absolute Gasteiger partial charge is 0.191 e. The molecule has 0 aromatic heterocycles. The first-order valence-electron chi connectivity index (χ1n) is 9.09. The van der Waals surface area contributed by atoms with Gasteiger partial charge < -0.3 is 9.64 Å². The zero-order valence-corrected chi connectivity index (χ0v) is 15.6. The molecule has 0 aliphatic carbocycles. The maximum absolute atomic E-state index is 12.8. The summed E-state index contributed by atoms with van der Waals surface area (Å²) in [6.07, 6.45) is 5.94. The van der Waals surface area contributed by atoms with Crippen LogP contribution in [-0.4, -0.2) is 37.0 Å². The maximum Gasteiger partial charge on any atom is 0.191 e. The van der Waals surface area contributed by atoms with Crippen LogP contribution in [0.2, 0.25) is 0 Å². The Balaban J connectivity index is 2.30. The highest BCUT2D eigenvalue weighted by Crippen LogP contribution is 2.18. The van der Waals surface area contributed by atoms with E-state index >= 15 is 0 Å². The van der Waals surface area contributed by atoms with E-state index in [1.807, 2.05) is 19.1 Å². The molecule has 3 heteroatoms.